The molecule has 0 fully saturated rings. The first-order valence-corrected chi connectivity index (χ1v) is 5.11. The second-order valence-electron chi connectivity index (χ2n) is 2.24. The quantitative estimate of drug-likeness (QED) is 0.519. The topological polar surface area (TPSA) is 55.6 Å². The van der Waals surface area contributed by atoms with E-state index in [1.165, 1.54) is 0 Å². The Kier molecular flexibility index (Phi) is 4.02. The molecule has 1 heterocycles. The molecule has 0 aliphatic heterocycles. The summed E-state index contributed by atoms with van der Waals surface area (Å²) in [6.45, 7) is 4.80. The van der Waals surface area contributed by atoms with Crippen LogP contribution >= 0.6 is 11.8 Å². The SMILES string of the molecule is CCNCCn1nnnc1SC. The Balaban J connectivity index is 2.39. The van der Waals surface area contributed by atoms with Gasteiger partial charge in [-0.05, 0) is 23.2 Å². The molecule has 1 N–H and O–H groups in total. The lowest BCUT2D eigenvalue weighted by molar-refractivity contribution is 0.518. The summed E-state index contributed by atoms with van der Waals surface area (Å²) in [5, 5.41) is 15.4. The molecule has 0 aliphatic carbocycles. The maximum Gasteiger partial charge on any atom is 0.209 e. The van der Waals surface area contributed by atoms with Gasteiger partial charge in [0.1, 0.15) is 0 Å². The molecule has 0 atom stereocenters. The first kappa shape index (κ1) is 9.47. The molecule has 0 amide bonds. The maximum atomic E-state index is 3.85. The van der Waals surface area contributed by atoms with E-state index in [0.29, 0.717) is 0 Å². The fourth-order valence-electron chi connectivity index (χ4n) is 0.845. The Morgan fingerprint density at radius 3 is 3.08 bits per heavy atom. The van der Waals surface area contributed by atoms with Gasteiger partial charge < -0.3 is 5.32 Å². The maximum absolute atomic E-state index is 3.85. The molecule has 1 aromatic heterocycles. The van der Waals surface area contributed by atoms with E-state index < -0.39 is 0 Å². The van der Waals surface area contributed by atoms with Gasteiger partial charge in [0.2, 0.25) is 5.16 Å². The molecule has 0 bridgehead atoms. The number of hydrogen-bond acceptors (Lipinski definition) is 5. The van der Waals surface area contributed by atoms with Gasteiger partial charge in [-0.2, -0.15) is 0 Å². The van der Waals surface area contributed by atoms with Crippen LogP contribution in [0.1, 0.15) is 6.92 Å². The van der Waals surface area contributed by atoms with Crippen LogP contribution in [0.5, 0.6) is 0 Å². The normalized spacial score (nSPS) is 10.5. The van der Waals surface area contributed by atoms with Crippen molar-refractivity contribution in [2.24, 2.45) is 0 Å². The van der Waals surface area contributed by atoms with Crippen LogP contribution < -0.4 is 5.32 Å². The average Bonchev–Trinajstić information content (AvgIpc) is 2.52. The minimum atomic E-state index is 0.830. The van der Waals surface area contributed by atoms with Crippen molar-refractivity contribution in [2.75, 3.05) is 19.3 Å². The van der Waals surface area contributed by atoms with Crippen LogP contribution in [-0.4, -0.2) is 39.6 Å². The highest BCUT2D eigenvalue weighted by atomic mass is 32.2. The third kappa shape index (κ3) is 2.46. The van der Waals surface area contributed by atoms with E-state index in [1.807, 2.05) is 6.26 Å². The number of rotatable bonds is 5. The average molecular weight is 187 g/mol. The van der Waals surface area contributed by atoms with Crippen LogP contribution in [0.15, 0.2) is 5.16 Å². The fraction of sp³-hybridized carbons (Fsp3) is 0.833. The van der Waals surface area contributed by atoms with Crippen molar-refractivity contribution in [2.45, 2.75) is 18.6 Å². The lowest BCUT2D eigenvalue weighted by Crippen LogP contribution is -2.20. The summed E-state index contributed by atoms with van der Waals surface area (Å²) in [7, 11) is 0. The molecular weight excluding hydrogens is 174 g/mol. The smallest absolute Gasteiger partial charge is 0.209 e. The van der Waals surface area contributed by atoms with Gasteiger partial charge in [-0.3, -0.25) is 0 Å². The second-order valence-corrected chi connectivity index (χ2v) is 3.02. The van der Waals surface area contributed by atoms with Crippen LogP contribution in [0.2, 0.25) is 0 Å². The molecule has 0 aliphatic rings. The number of aromatic nitrogens is 4. The summed E-state index contributed by atoms with van der Waals surface area (Å²) in [4.78, 5) is 0. The Hall–Kier alpha value is -0.620. The number of hydrogen-bond donors (Lipinski definition) is 1. The van der Waals surface area contributed by atoms with Crippen molar-refractivity contribution < 1.29 is 0 Å². The Morgan fingerprint density at radius 1 is 1.58 bits per heavy atom. The van der Waals surface area contributed by atoms with Gasteiger partial charge in [0.25, 0.3) is 0 Å². The first-order valence-electron chi connectivity index (χ1n) is 3.89. The molecule has 1 aromatic rings. The molecule has 6 heteroatoms. The Bertz CT molecular complexity index is 223. The van der Waals surface area contributed by atoms with Gasteiger partial charge >= 0.3 is 0 Å². The third-order valence-electron chi connectivity index (χ3n) is 1.43. The summed E-state index contributed by atoms with van der Waals surface area (Å²) in [6.07, 6.45) is 1.97. The first-order chi connectivity index (χ1) is 5.88. The zero-order valence-corrected chi connectivity index (χ0v) is 8.13. The van der Waals surface area contributed by atoms with Crippen LogP contribution in [0.3, 0.4) is 0 Å². The summed E-state index contributed by atoms with van der Waals surface area (Å²) in [5.74, 6) is 0. The van der Waals surface area contributed by atoms with E-state index in [1.54, 1.807) is 16.4 Å². The Labute approximate surface area is 75.9 Å². The lowest BCUT2D eigenvalue weighted by atomic mass is 10.6. The van der Waals surface area contributed by atoms with Gasteiger partial charge in [-0.1, -0.05) is 18.7 Å². The van der Waals surface area contributed by atoms with E-state index in [9.17, 15) is 0 Å². The number of tetrazole rings is 1. The van der Waals surface area contributed by atoms with Crippen molar-refractivity contribution in [1.29, 1.82) is 0 Å². The Morgan fingerprint density at radius 2 is 2.42 bits per heavy atom. The van der Waals surface area contributed by atoms with E-state index in [-0.39, 0.29) is 0 Å². The number of nitrogens with one attached hydrogen (secondary N) is 1. The van der Waals surface area contributed by atoms with Crippen molar-refractivity contribution in [3.63, 3.8) is 0 Å². The predicted molar refractivity (Wildman–Crippen MR) is 48.1 cm³/mol. The minimum absolute atomic E-state index is 0.830. The van der Waals surface area contributed by atoms with Crippen LogP contribution in [-0.2, 0) is 6.54 Å². The van der Waals surface area contributed by atoms with E-state index in [4.69, 9.17) is 0 Å². The van der Waals surface area contributed by atoms with Crippen molar-refractivity contribution >= 4 is 11.8 Å². The molecule has 0 radical (unpaired) electrons. The highest BCUT2D eigenvalue weighted by molar-refractivity contribution is 7.98. The van der Waals surface area contributed by atoms with E-state index in [2.05, 4.69) is 27.8 Å². The summed E-state index contributed by atoms with van der Waals surface area (Å²) < 4.78 is 1.80. The van der Waals surface area contributed by atoms with Gasteiger partial charge in [-0.25, -0.2) is 4.68 Å². The number of nitrogens with zero attached hydrogens (tertiary/aromatic N) is 4. The van der Waals surface area contributed by atoms with Gasteiger partial charge in [-0.15, -0.1) is 5.10 Å². The van der Waals surface area contributed by atoms with E-state index >= 15 is 0 Å². The van der Waals surface area contributed by atoms with Crippen LogP contribution in [0.25, 0.3) is 0 Å². The molecule has 0 saturated heterocycles. The summed E-state index contributed by atoms with van der Waals surface area (Å²) in [6, 6.07) is 0. The number of likely N-dealkylation sites (N-methyl/N-ethyl adjacent to an activating group) is 1. The minimum Gasteiger partial charge on any atom is -0.315 e. The standard InChI is InChI=1S/C6H13N5S/c1-3-7-4-5-11-6(12-2)8-9-10-11/h7H,3-5H2,1-2H3. The third-order valence-corrected chi connectivity index (χ3v) is 2.09. The number of thioether (sulfide) groups is 1. The molecule has 68 valence electrons. The monoisotopic (exact) mass is 187 g/mol. The lowest BCUT2D eigenvalue weighted by Gasteiger charge is -2.01. The summed E-state index contributed by atoms with van der Waals surface area (Å²) >= 11 is 1.56. The van der Waals surface area contributed by atoms with Crippen molar-refractivity contribution in [3.8, 4) is 0 Å². The molecule has 0 spiro atoms. The zero-order valence-electron chi connectivity index (χ0n) is 7.32. The molecule has 0 saturated carbocycles. The molecule has 12 heavy (non-hydrogen) atoms. The van der Waals surface area contributed by atoms with Crippen molar-refractivity contribution in [1.82, 2.24) is 25.5 Å². The van der Waals surface area contributed by atoms with Crippen LogP contribution in [0.4, 0.5) is 0 Å². The largest absolute Gasteiger partial charge is 0.315 e. The predicted octanol–water partition coefficient (Wildman–Crippen LogP) is 0.00450. The second kappa shape index (κ2) is 5.10. The molecule has 0 aromatic carbocycles. The summed E-state index contributed by atoms with van der Waals surface area (Å²) in [5.41, 5.74) is 0. The molecule has 0 unspecified atom stereocenters. The van der Waals surface area contributed by atoms with Crippen LogP contribution in [0, 0.1) is 0 Å². The fourth-order valence-corrected chi connectivity index (χ4v) is 1.30. The molecule has 5 nitrogen and oxygen atoms in total. The molecular formula is C6H13N5S. The highest BCUT2D eigenvalue weighted by Gasteiger charge is 2.01. The van der Waals surface area contributed by atoms with Gasteiger partial charge in [0.15, 0.2) is 0 Å². The van der Waals surface area contributed by atoms with E-state index in [0.717, 1.165) is 24.8 Å². The van der Waals surface area contributed by atoms with Crippen molar-refractivity contribution in [3.05, 3.63) is 0 Å². The van der Waals surface area contributed by atoms with Gasteiger partial charge in [0, 0.05) is 6.54 Å². The highest BCUT2D eigenvalue weighted by Crippen LogP contribution is 2.07. The zero-order chi connectivity index (χ0) is 8.81. The molecule has 1 rings (SSSR count). The van der Waals surface area contributed by atoms with Gasteiger partial charge in [0.05, 0.1) is 6.54 Å².